The van der Waals surface area contributed by atoms with Gasteiger partial charge in [-0.1, -0.05) is 35.9 Å². The highest BCUT2D eigenvalue weighted by Gasteiger charge is 2.18. The first-order chi connectivity index (χ1) is 9.67. The van der Waals surface area contributed by atoms with Gasteiger partial charge in [0.05, 0.1) is 17.7 Å². The molecule has 0 aliphatic heterocycles. The van der Waals surface area contributed by atoms with Crippen LogP contribution in [-0.2, 0) is 0 Å². The molecular formula is C16H17ClFNO. The Hall–Kier alpha value is -1.58. The second-order valence-electron chi connectivity index (χ2n) is 4.37. The summed E-state index contributed by atoms with van der Waals surface area (Å²) in [5.41, 5.74) is 1.45. The quantitative estimate of drug-likeness (QED) is 0.892. The summed E-state index contributed by atoms with van der Waals surface area (Å²) < 4.78 is 19.7. The Morgan fingerprint density at radius 3 is 2.70 bits per heavy atom. The molecule has 1 N–H and O–H groups in total. The van der Waals surface area contributed by atoms with E-state index in [9.17, 15) is 4.39 Å². The van der Waals surface area contributed by atoms with Gasteiger partial charge in [-0.25, -0.2) is 4.39 Å². The first kappa shape index (κ1) is 14.8. The molecule has 0 aliphatic carbocycles. The molecule has 0 saturated carbocycles. The predicted molar refractivity (Wildman–Crippen MR) is 79.9 cm³/mol. The molecule has 2 aromatic rings. The summed E-state index contributed by atoms with van der Waals surface area (Å²) in [6.45, 7) is 2.53. The third kappa shape index (κ3) is 3.11. The fourth-order valence-electron chi connectivity index (χ4n) is 2.20. The number of hydrogen-bond donors (Lipinski definition) is 1. The lowest BCUT2D eigenvalue weighted by Crippen LogP contribution is -2.19. The van der Waals surface area contributed by atoms with Gasteiger partial charge in [-0.05, 0) is 37.7 Å². The Balaban J connectivity index is 2.41. The molecule has 2 nitrogen and oxygen atoms in total. The van der Waals surface area contributed by atoms with E-state index in [4.69, 9.17) is 16.3 Å². The van der Waals surface area contributed by atoms with Crippen molar-refractivity contribution in [3.05, 3.63) is 64.4 Å². The van der Waals surface area contributed by atoms with Gasteiger partial charge >= 0.3 is 0 Å². The van der Waals surface area contributed by atoms with Crippen LogP contribution < -0.4 is 10.1 Å². The summed E-state index contributed by atoms with van der Waals surface area (Å²) in [5, 5.41) is 3.25. The highest BCUT2D eigenvalue weighted by Crippen LogP contribution is 2.29. The van der Waals surface area contributed by atoms with Crippen LogP contribution in [0, 0.1) is 5.82 Å². The summed E-state index contributed by atoms with van der Waals surface area (Å²) in [7, 11) is 1.79. The third-order valence-electron chi connectivity index (χ3n) is 3.08. The van der Waals surface area contributed by atoms with Gasteiger partial charge in [0.2, 0.25) is 0 Å². The molecule has 0 heterocycles. The highest BCUT2D eigenvalue weighted by atomic mass is 35.5. The fourth-order valence-corrected chi connectivity index (χ4v) is 2.38. The van der Waals surface area contributed by atoms with E-state index in [1.54, 1.807) is 25.2 Å². The van der Waals surface area contributed by atoms with Crippen molar-refractivity contribution < 1.29 is 9.13 Å². The fraction of sp³-hybridized carbons (Fsp3) is 0.250. The molecule has 0 aliphatic rings. The first-order valence-electron chi connectivity index (χ1n) is 6.51. The van der Waals surface area contributed by atoms with E-state index in [-0.39, 0.29) is 11.1 Å². The number of halogens is 2. The van der Waals surface area contributed by atoms with Crippen molar-refractivity contribution in [1.29, 1.82) is 0 Å². The molecule has 1 unspecified atom stereocenters. The molecule has 1 atom stereocenters. The second kappa shape index (κ2) is 6.73. The van der Waals surface area contributed by atoms with Gasteiger partial charge < -0.3 is 10.1 Å². The molecule has 0 amide bonds. The molecule has 106 valence electrons. The normalized spacial score (nSPS) is 12.2. The van der Waals surface area contributed by atoms with Crippen LogP contribution in [0.15, 0.2) is 42.5 Å². The molecule has 20 heavy (non-hydrogen) atoms. The van der Waals surface area contributed by atoms with E-state index in [1.807, 2.05) is 31.2 Å². The lowest BCUT2D eigenvalue weighted by molar-refractivity contribution is 0.339. The number of nitrogens with one attached hydrogen (secondary N) is 1. The SMILES string of the molecule is CCOc1cccc(C(NC)c2cccc(Cl)c2F)c1. The summed E-state index contributed by atoms with van der Waals surface area (Å²) in [5.74, 6) is 0.378. The van der Waals surface area contributed by atoms with E-state index in [0.717, 1.165) is 11.3 Å². The highest BCUT2D eigenvalue weighted by molar-refractivity contribution is 6.30. The molecule has 0 aromatic heterocycles. The molecule has 0 saturated heterocycles. The standard InChI is InChI=1S/C16H17ClFNO/c1-3-20-12-7-4-6-11(10-12)16(19-2)13-8-5-9-14(17)15(13)18/h4-10,16,19H,3H2,1-2H3. The molecule has 0 radical (unpaired) electrons. The number of ether oxygens (including phenoxy) is 1. The molecule has 0 bridgehead atoms. The minimum absolute atomic E-state index is 0.128. The van der Waals surface area contributed by atoms with Crippen LogP contribution in [0.4, 0.5) is 4.39 Å². The summed E-state index contributed by atoms with van der Waals surface area (Å²) >= 11 is 5.86. The van der Waals surface area contributed by atoms with Crippen LogP contribution in [-0.4, -0.2) is 13.7 Å². The summed E-state index contributed by atoms with van der Waals surface area (Å²) in [4.78, 5) is 0. The van der Waals surface area contributed by atoms with Gasteiger partial charge in [0.25, 0.3) is 0 Å². The van der Waals surface area contributed by atoms with Crippen molar-refractivity contribution in [1.82, 2.24) is 5.32 Å². The van der Waals surface area contributed by atoms with Crippen molar-refractivity contribution in [2.24, 2.45) is 0 Å². The van der Waals surface area contributed by atoms with Crippen LogP contribution in [0.2, 0.25) is 5.02 Å². The average Bonchev–Trinajstić information content (AvgIpc) is 2.45. The lowest BCUT2D eigenvalue weighted by atomic mass is 9.98. The third-order valence-corrected chi connectivity index (χ3v) is 3.38. The van der Waals surface area contributed by atoms with Gasteiger partial charge in [0.15, 0.2) is 0 Å². The summed E-state index contributed by atoms with van der Waals surface area (Å²) in [6.07, 6.45) is 0. The number of benzene rings is 2. The topological polar surface area (TPSA) is 21.3 Å². The largest absolute Gasteiger partial charge is 0.494 e. The van der Waals surface area contributed by atoms with Gasteiger partial charge in [-0.3, -0.25) is 0 Å². The minimum Gasteiger partial charge on any atom is -0.494 e. The van der Waals surface area contributed by atoms with Crippen LogP contribution in [0.5, 0.6) is 5.75 Å². The summed E-state index contributed by atoms with van der Waals surface area (Å²) in [6, 6.07) is 12.4. The van der Waals surface area contributed by atoms with Crippen LogP contribution in [0.1, 0.15) is 24.1 Å². The zero-order valence-electron chi connectivity index (χ0n) is 11.5. The predicted octanol–water partition coefficient (Wildman–Crippen LogP) is 4.19. The lowest BCUT2D eigenvalue weighted by Gasteiger charge is -2.19. The molecule has 0 fully saturated rings. The van der Waals surface area contributed by atoms with Crippen molar-refractivity contribution in [3.8, 4) is 5.75 Å². The zero-order valence-corrected chi connectivity index (χ0v) is 12.2. The Kier molecular flexibility index (Phi) is 4.99. The van der Waals surface area contributed by atoms with Crippen LogP contribution in [0.3, 0.4) is 0 Å². The van der Waals surface area contributed by atoms with Crippen LogP contribution in [0.25, 0.3) is 0 Å². The maximum Gasteiger partial charge on any atom is 0.146 e. The minimum atomic E-state index is -0.393. The van der Waals surface area contributed by atoms with Gasteiger partial charge in [-0.15, -0.1) is 0 Å². The molecule has 4 heteroatoms. The van der Waals surface area contributed by atoms with E-state index in [2.05, 4.69) is 5.32 Å². The number of rotatable bonds is 5. The second-order valence-corrected chi connectivity index (χ2v) is 4.78. The van der Waals surface area contributed by atoms with E-state index < -0.39 is 5.82 Å². The van der Waals surface area contributed by atoms with Gasteiger partial charge in [0, 0.05) is 5.56 Å². The van der Waals surface area contributed by atoms with E-state index in [1.165, 1.54) is 0 Å². The van der Waals surface area contributed by atoms with Crippen molar-refractivity contribution >= 4 is 11.6 Å². The Morgan fingerprint density at radius 2 is 2.00 bits per heavy atom. The van der Waals surface area contributed by atoms with Gasteiger partial charge in [0.1, 0.15) is 11.6 Å². The molecule has 2 rings (SSSR count). The van der Waals surface area contributed by atoms with Crippen molar-refractivity contribution in [2.75, 3.05) is 13.7 Å². The maximum atomic E-state index is 14.2. The Morgan fingerprint density at radius 1 is 1.25 bits per heavy atom. The number of hydrogen-bond acceptors (Lipinski definition) is 2. The van der Waals surface area contributed by atoms with E-state index >= 15 is 0 Å². The van der Waals surface area contributed by atoms with Crippen molar-refractivity contribution in [2.45, 2.75) is 13.0 Å². The molecule has 0 spiro atoms. The molecule has 2 aromatic carbocycles. The average molecular weight is 294 g/mol. The van der Waals surface area contributed by atoms with Crippen molar-refractivity contribution in [3.63, 3.8) is 0 Å². The monoisotopic (exact) mass is 293 g/mol. The Labute approximate surface area is 123 Å². The first-order valence-corrected chi connectivity index (χ1v) is 6.89. The maximum absolute atomic E-state index is 14.2. The smallest absolute Gasteiger partial charge is 0.146 e. The Bertz CT molecular complexity index is 588. The molecular weight excluding hydrogens is 277 g/mol. The zero-order chi connectivity index (χ0) is 14.5. The van der Waals surface area contributed by atoms with Gasteiger partial charge in [-0.2, -0.15) is 0 Å². The van der Waals surface area contributed by atoms with E-state index in [0.29, 0.717) is 12.2 Å². The van der Waals surface area contributed by atoms with Crippen LogP contribution >= 0.6 is 11.6 Å².